The van der Waals surface area contributed by atoms with Crippen LogP contribution in [-0.4, -0.2) is 23.6 Å². The summed E-state index contributed by atoms with van der Waals surface area (Å²) < 4.78 is 19.7. The first-order valence-electron chi connectivity index (χ1n) is 5.01. The Morgan fingerprint density at radius 1 is 1.53 bits per heavy atom. The van der Waals surface area contributed by atoms with Crippen molar-refractivity contribution in [2.75, 3.05) is 17.5 Å². The van der Waals surface area contributed by atoms with Gasteiger partial charge in [0.1, 0.15) is 17.7 Å². The Labute approximate surface area is 102 Å². The maximum Gasteiger partial charge on any atom is 0.123 e. The molecule has 0 fully saturated rings. The molecule has 0 aromatic heterocycles. The average Bonchev–Trinajstić information content (AvgIpc) is 2.60. The van der Waals surface area contributed by atoms with Gasteiger partial charge in [-0.15, -0.1) is 0 Å². The lowest BCUT2D eigenvalue weighted by atomic mass is 10.1. The van der Waals surface area contributed by atoms with E-state index in [9.17, 15) is 4.39 Å². The largest absolute Gasteiger partial charge is 0.488 e. The van der Waals surface area contributed by atoms with Gasteiger partial charge in [0.15, 0.2) is 0 Å². The predicted octanol–water partition coefficient (Wildman–Crippen LogP) is 2.15. The number of hydrogen-bond donors (Lipinski definition) is 1. The van der Waals surface area contributed by atoms with Crippen LogP contribution in [0.2, 0.25) is 0 Å². The molecule has 0 aliphatic carbocycles. The van der Waals surface area contributed by atoms with Crippen molar-refractivity contribution in [3.63, 3.8) is 0 Å². The van der Waals surface area contributed by atoms with Crippen molar-refractivity contribution in [2.45, 2.75) is 12.5 Å². The van der Waals surface area contributed by atoms with E-state index in [2.05, 4.69) is 27.9 Å². The minimum absolute atomic E-state index is 0.157. The van der Waals surface area contributed by atoms with Crippen LogP contribution in [0.4, 0.5) is 4.39 Å². The predicted molar refractivity (Wildman–Crippen MR) is 66.3 cm³/mol. The Morgan fingerprint density at radius 3 is 3.20 bits per heavy atom. The number of fused-ring (bicyclic) bond motifs is 1. The zero-order valence-electron chi connectivity index (χ0n) is 8.30. The summed E-state index contributed by atoms with van der Waals surface area (Å²) in [6, 6.07) is 4.72. The zero-order chi connectivity index (χ0) is 10.7. The minimum Gasteiger partial charge on any atom is -0.488 e. The van der Waals surface area contributed by atoms with Crippen LogP contribution in [0.15, 0.2) is 18.2 Å². The molecule has 2 nitrogen and oxygen atoms in total. The molecule has 0 amide bonds. The van der Waals surface area contributed by atoms with Crippen LogP contribution >= 0.6 is 22.6 Å². The van der Waals surface area contributed by atoms with Gasteiger partial charge in [-0.3, -0.25) is 0 Å². The third-order valence-electron chi connectivity index (χ3n) is 2.41. The monoisotopic (exact) mass is 321 g/mol. The van der Waals surface area contributed by atoms with E-state index in [4.69, 9.17) is 4.74 Å². The summed E-state index contributed by atoms with van der Waals surface area (Å²) in [5.74, 6) is 0.649. The van der Waals surface area contributed by atoms with E-state index in [0.29, 0.717) is 0 Å². The molecule has 1 aromatic carbocycles. The molecule has 0 saturated carbocycles. The molecule has 82 valence electrons. The van der Waals surface area contributed by atoms with Crippen molar-refractivity contribution >= 4 is 22.6 Å². The van der Waals surface area contributed by atoms with Gasteiger partial charge in [-0.25, -0.2) is 4.39 Å². The lowest BCUT2D eigenvalue weighted by Gasteiger charge is -2.10. The van der Waals surface area contributed by atoms with Crippen LogP contribution in [0.5, 0.6) is 5.75 Å². The first-order chi connectivity index (χ1) is 7.29. The molecule has 1 aliphatic heterocycles. The number of alkyl halides is 1. The fraction of sp³-hybridized carbons (Fsp3) is 0.455. The van der Waals surface area contributed by atoms with Crippen molar-refractivity contribution in [3.05, 3.63) is 29.6 Å². The molecular weight excluding hydrogens is 308 g/mol. The molecule has 0 spiro atoms. The van der Waals surface area contributed by atoms with E-state index in [-0.39, 0.29) is 11.9 Å². The van der Waals surface area contributed by atoms with Gasteiger partial charge in [-0.2, -0.15) is 0 Å². The van der Waals surface area contributed by atoms with Crippen molar-refractivity contribution in [1.29, 1.82) is 0 Å². The molecule has 1 atom stereocenters. The summed E-state index contributed by atoms with van der Waals surface area (Å²) in [6.07, 6.45) is 0.964. The minimum atomic E-state index is -0.182. The lowest BCUT2D eigenvalue weighted by Crippen LogP contribution is -2.31. The molecule has 1 heterocycles. The Hall–Kier alpha value is -0.360. The smallest absolute Gasteiger partial charge is 0.123 e. The molecule has 15 heavy (non-hydrogen) atoms. The molecular formula is C11H13FINO. The second kappa shape index (κ2) is 5.12. The molecule has 0 saturated heterocycles. The van der Waals surface area contributed by atoms with Crippen LogP contribution in [0.3, 0.4) is 0 Å². The summed E-state index contributed by atoms with van der Waals surface area (Å²) in [7, 11) is 0. The molecule has 4 heteroatoms. The normalized spacial score (nSPS) is 18.7. The molecule has 1 aromatic rings. The summed E-state index contributed by atoms with van der Waals surface area (Å²) in [5, 5.41) is 3.30. The molecule has 1 N–H and O–H groups in total. The van der Waals surface area contributed by atoms with E-state index < -0.39 is 0 Å². The molecule has 0 radical (unpaired) electrons. The summed E-state index contributed by atoms with van der Waals surface area (Å²) in [5.41, 5.74) is 0.983. The fourth-order valence-corrected chi connectivity index (χ4v) is 2.11. The zero-order valence-corrected chi connectivity index (χ0v) is 10.5. The van der Waals surface area contributed by atoms with Crippen LogP contribution in [0.25, 0.3) is 0 Å². The van der Waals surface area contributed by atoms with E-state index in [1.165, 1.54) is 6.07 Å². The van der Waals surface area contributed by atoms with Gasteiger partial charge in [0.05, 0.1) is 0 Å². The van der Waals surface area contributed by atoms with Crippen LogP contribution < -0.4 is 10.1 Å². The Bertz CT molecular complexity index is 345. The van der Waals surface area contributed by atoms with Crippen molar-refractivity contribution in [3.8, 4) is 5.75 Å². The third kappa shape index (κ3) is 2.81. The average molecular weight is 321 g/mol. The van der Waals surface area contributed by atoms with Gasteiger partial charge >= 0.3 is 0 Å². The molecule has 0 bridgehead atoms. The van der Waals surface area contributed by atoms with Crippen molar-refractivity contribution in [1.82, 2.24) is 5.32 Å². The highest BCUT2D eigenvalue weighted by Crippen LogP contribution is 2.28. The third-order valence-corrected chi connectivity index (χ3v) is 2.95. The fourth-order valence-electron chi connectivity index (χ4n) is 1.73. The van der Waals surface area contributed by atoms with E-state index >= 15 is 0 Å². The SMILES string of the molecule is Fc1ccc2c(c1)CC(CNCCI)O2. The van der Waals surface area contributed by atoms with Crippen molar-refractivity contribution in [2.24, 2.45) is 0 Å². The van der Waals surface area contributed by atoms with Crippen molar-refractivity contribution < 1.29 is 9.13 Å². The lowest BCUT2D eigenvalue weighted by molar-refractivity contribution is 0.229. The molecule has 1 aliphatic rings. The molecule has 2 rings (SSSR count). The summed E-state index contributed by atoms with van der Waals surface area (Å²) >= 11 is 2.33. The standard InChI is InChI=1S/C11H13FINO/c12-9-1-2-11-8(5-9)6-10(15-11)7-14-4-3-13/h1-2,5,10,14H,3-4,6-7H2. The highest BCUT2D eigenvalue weighted by Gasteiger charge is 2.22. The summed E-state index contributed by atoms with van der Waals surface area (Å²) in [4.78, 5) is 0. The maximum atomic E-state index is 12.9. The Balaban J connectivity index is 1.91. The van der Waals surface area contributed by atoms with Gasteiger partial charge in [0.25, 0.3) is 0 Å². The number of hydrogen-bond acceptors (Lipinski definition) is 2. The first kappa shape index (κ1) is 11.1. The number of halogens is 2. The van der Waals surface area contributed by atoms with Gasteiger partial charge in [0.2, 0.25) is 0 Å². The van der Waals surface area contributed by atoms with Crippen LogP contribution in [0, 0.1) is 5.82 Å². The van der Waals surface area contributed by atoms with Crippen LogP contribution in [-0.2, 0) is 6.42 Å². The molecule has 1 unspecified atom stereocenters. The number of benzene rings is 1. The summed E-state index contributed by atoms with van der Waals surface area (Å²) in [6.45, 7) is 1.82. The van der Waals surface area contributed by atoms with Crippen LogP contribution in [0.1, 0.15) is 5.56 Å². The topological polar surface area (TPSA) is 21.3 Å². The number of rotatable bonds is 4. The Morgan fingerprint density at radius 2 is 2.40 bits per heavy atom. The quantitative estimate of drug-likeness (QED) is 0.521. The second-order valence-corrected chi connectivity index (χ2v) is 4.67. The van der Waals surface area contributed by atoms with E-state index in [1.54, 1.807) is 12.1 Å². The van der Waals surface area contributed by atoms with Gasteiger partial charge in [0, 0.05) is 29.5 Å². The maximum absolute atomic E-state index is 12.9. The highest BCUT2D eigenvalue weighted by molar-refractivity contribution is 14.1. The van der Waals surface area contributed by atoms with E-state index in [1.807, 2.05) is 0 Å². The van der Waals surface area contributed by atoms with Gasteiger partial charge in [-0.1, -0.05) is 22.6 Å². The first-order valence-corrected chi connectivity index (χ1v) is 6.54. The van der Waals surface area contributed by atoms with Gasteiger partial charge < -0.3 is 10.1 Å². The second-order valence-electron chi connectivity index (χ2n) is 3.59. The van der Waals surface area contributed by atoms with Gasteiger partial charge in [-0.05, 0) is 18.2 Å². The number of ether oxygens (including phenoxy) is 1. The number of nitrogens with one attached hydrogen (secondary N) is 1. The van der Waals surface area contributed by atoms with E-state index in [0.717, 1.165) is 35.3 Å². The highest BCUT2D eigenvalue weighted by atomic mass is 127. The Kier molecular flexibility index (Phi) is 3.80.